The lowest BCUT2D eigenvalue weighted by Crippen LogP contribution is -2.03. The number of hydrogen-bond acceptors (Lipinski definition) is 3. The van der Waals surface area contributed by atoms with E-state index in [0.717, 1.165) is 6.42 Å². The Kier molecular flexibility index (Phi) is 16.0. The molecule has 0 amide bonds. The highest BCUT2D eigenvalue weighted by molar-refractivity contribution is 5.95. The Balaban J connectivity index is 1.73. The average Bonchev–Trinajstić information content (AvgIpc) is 3.00. The molecular formula is C25H44O3. The fourth-order valence-corrected chi connectivity index (χ4v) is 3.89. The van der Waals surface area contributed by atoms with E-state index in [1.807, 2.05) is 12.2 Å². The van der Waals surface area contributed by atoms with Crippen molar-refractivity contribution in [3.63, 3.8) is 0 Å². The van der Waals surface area contributed by atoms with Crippen molar-refractivity contribution < 1.29 is 14.3 Å². The van der Waals surface area contributed by atoms with Gasteiger partial charge in [0.2, 0.25) is 0 Å². The lowest BCUT2D eigenvalue weighted by atomic mass is 10.0. The van der Waals surface area contributed by atoms with Gasteiger partial charge in [-0.05, 0) is 12.8 Å². The molecule has 1 aliphatic heterocycles. The third-order valence-corrected chi connectivity index (χ3v) is 5.75. The summed E-state index contributed by atoms with van der Waals surface area (Å²) in [5.41, 5.74) is 0. The van der Waals surface area contributed by atoms with Crippen LogP contribution in [0.4, 0.5) is 0 Å². The number of carbonyl (C=O) groups is 2. The summed E-state index contributed by atoms with van der Waals surface area (Å²) in [6.45, 7) is 2.28. The number of carbonyl (C=O) groups excluding carboxylic acids is 2. The Hall–Kier alpha value is -1.12. The molecule has 0 bridgehead atoms. The van der Waals surface area contributed by atoms with Crippen molar-refractivity contribution in [2.45, 2.75) is 129 Å². The van der Waals surface area contributed by atoms with Gasteiger partial charge in [0.15, 0.2) is 0 Å². The lowest BCUT2D eigenvalue weighted by molar-refractivity contribution is -0.152. The summed E-state index contributed by atoms with van der Waals surface area (Å²) in [5.74, 6) is -1.11. The zero-order valence-electron chi connectivity index (χ0n) is 18.4. The molecule has 0 aromatic heterocycles. The van der Waals surface area contributed by atoms with E-state index in [0.29, 0.717) is 0 Å². The van der Waals surface area contributed by atoms with E-state index in [1.54, 1.807) is 0 Å². The Morgan fingerprint density at radius 3 is 1.54 bits per heavy atom. The van der Waals surface area contributed by atoms with Gasteiger partial charge in [0.1, 0.15) is 0 Å². The first-order chi connectivity index (χ1) is 13.7. The van der Waals surface area contributed by atoms with Gasteiger partial charge in [0.05, 0.1) is 12.3 Å². The van der Waals surface area contributed by atoms with E-state index in [9.17, 15) is 9.59 Å². The molecule has 0 radical (unpaired) electrons. The van der Waals surface area contributed by atoms with Gasteiger partial charge < -0.3 is 4.74 Å². The van der Waals surface area contributed by atoms with Gasteiger partial charge >= 0.3 is 11.9 Å². The molecule has 1 heterocycles. The second kappa shape index (κ2) is 17.9. The van der Waals surface area contributed by atoms with E-state index in [4.69, 9.17) is 0 Å². The summed E-state index contributed by atoms with van der Waals surface area (Å²) < 4.78 is 4.54. The molecule has 0 N–H and O–H groups in total. The van der Waals surface area contributed by atoms with Gasteiger partial charge in [-0.15, -0.1) is 0 Å². The minimum Gasteiger partial charge on any atom is -0.393 e. The molecule has 0 aromatic carbocycles. The predicted molar refractivity (Wildman–Crippen MR) is 117 cm³/mol. The van der Waals surface area contributed by atoms with E-state index in [-0.39, 0.29) is 18.3 Å². The highest BCUT2D eigenvalue weighted by Gasteiger charge is 2.30. The number of cyclic esters (lactones) is 2. The largest absolute Gasteiger partial charge is 0.393 e. The molecule has 1 unspecified atom stereocenters. The number of ether oxygens (including phenoxy) is 1. The summed E-state index contributed by atoms with van der Waals surface area (Å²) >= 11 is 0. The highest BCUT2D eigenvalue weighted by atomic mass is 16.6. The summed E-state index contributed by atoms with van der Waals surface area (Å²) in [7, 11) is 0. The van der Waals surface area contributed by atoms with Gasteiger partial charge in [-0.25, -0.2) is 0 Å². The number of unbranched alkanes of at least 4 members (excludes halogenated alkanes) is 17. The van der Waals surface area contributed by atoms with E-state index < -0.39 is 5.97 Å². The summed E-state index contributed by atoms with van der Waals surface area (Å²) in [4.78, 5) is 22.3. The van der Waals surface area contributed by atoms with Crippen molar-refractivity contribution in [3.8, 4) is 0 Å². The molecule has 1 rings (SSSR count). The Bertz CT molecular complexity index is 428. The molecular weight excluding hydrogens is 348 g/mol. The minimum absolute atomic E-state index is 0.217. The second-order valence-electron chi connectivity index (χ2n) is 8.48. The monoisotopic (exact) mass is 392 g/mol. The van der Waals surface area contributed by atoms with Crippen molar-refractivity contribution in [1.29, 1.82) is 0 Å². The Morgan fingerprint density at radius 1 is 0.714 bits per heavy atom. The molecule has 0 spiro atoms. The van der Waals surface area contributed by atoms with Crippen LogP contribution in [0.5, 0.6) is 0 Å². The van der Waals surface area contributed by atoms with Crippen molar-refractivity contribution in [2.24, 2.45) is 5.92 Å². The normalized spacial score (nSPS) is 17.0. The zero-order valence-corrected chi connectivity index (χ0v) is 18.4. The SMILES string of the molecule is CCCCCCCCCCCCCCCCCCC/C=C/C1CC(=O)OC1=O. The molecule has 162 valence electrons. The van der Waals surface area contributed by atoms with Crippen molar-refractivity contribution in [3.05, 3.63) is 12.2 Å². The van der Waals surface area contributed by atoms with E-state index >= 15 is 0 Å². The topological polar surface area (TPSA) is 43.4 Å². The average molecular weight is 393 g/mol. The van der Waals surface area contributed by atoms with Gasteiger partial charge in [-0.3, -0.25) is 9.59 Å². The van der Waals surface area contributed by atoms with Crippen molar-refractivity contribution in [1.82, 2.24) is 0 Å². The highest BCUT2D eigenvalue weighted by Crippen LogP contribution is 2.18. The van der Waals surface area contributed by atoms with Crippen molar-refractivity contribution in [2.75, 3.05) is 0 Å². The quantitative estimate of drug-likeness (QED) is 0.0980. The number of esters is 2. The van der Waals surface area contributed by atoms with Gasteiger partial charge in [0, 0.05) is 0 Å². The molecule has 1 fully saturated rings. The molecule has 0 aliphatic carbocycles. The fourth-order valence-electron chi connectivity index (χ4n) is 3.89. The van der Waals surface area contributed by atoms with Gasteiger partial charge in [-0.2, -0.15) is 0 Å². The maximum atomic E-state index is 11.3. The van der Waals surface area contributed by atoms with Crippen LogP contribution in [0.15, 0.2) is 12.2 Å². The molecule has 28 heavy (non-hydrogen) atoms. The zero-order chi connectivity index (χ0) is 20.3. The van der Waals surface area contributed by atoms with Crippen molar-refractivity contribution >= 4 is 11.9 Å². The number of hydrogen-bond donors (Lipinski definition) is 0. The number of allylic oxidation sites excluding steroid dienone is 1. The van der Waals surface area contributed by atoms with Gasteiger partial charge in [-0.1, -0.05) is 122 Å². The first-order valence-electron chi connectivity index (χ1n) is 12.1. The van der Waals surface area contributed by atoms with E-state index in [1.165, 1.54) is 109 Å². The summed E-state index contributed by atoms with van der Waals surface area (Å²) in [5, 5.41) is 0. The van der Waals surface area contributed by atoms with Crippen LogP contribution in [0.2, 0.25) is 0 Å². The Morgan fingerprint density at radius 2 is 1.14 bits per heavy atom. The third kappa shape index (κ3) is 14.0. The van der Waals surface area contributed by atoms with E-state index in [2.05, 4.69) is 11.7 Å². The van der Waals surface area contributed by atoms with Crippen LogP contribution in [0.1, 0.15) is 129 Å². The van der Waals surface area contributed by atoms with Crippen LogP contribution in [-0.2, 0) is 14.3 Å². The molecule has 0 saturated carbocycles. The molecule has 1 saturated heterocycles. The molecule has 3 heteroatoms. The maximum Gasteiger partial charge on any atom is 0.321 e. The maximum absolute atomic E-state index is 11.3. The summed E-state index contributed by atoms with van der Waals surface area (Å²) in [6.07, 6.45) is 28.7. The van der Waals surface area contributed by atoms with Crippen LogP contribution >= 0.6 is 0 Å². The molecule has 1 aliphatic rings. The Labute approximate surface area is 173 Å². The first kappa shape index (κ1) is 24.9. The smallest absolute Gasteiger partial charge is 0.321 e. The van der Waals surface area contributed by atoms with Crippen LogP contribution in [0.25, 0.3) is 0 Å². The molecule has 0 aromatic rings. The fraction of sp³-hybridized carbons (Fsp3) is 0.840. The minimum atomic E-state index is -0.391. The first-order valence-corrected chi connectivity index (χ1v) is 12.1. The lowest BCUT2D eigenvalue weighted by Gasteiger charge is -2.03. The molecule has 3 nitrogen and oxygen atoms in total. The third-order valence-electron chi connectivity index (χ3n) is 5.75. The molecule has 1 atom stereocenters. The van der Waals surface area contributed by atoms with Gasteiger partial charge in [0.25, 0.3) is 0 Å². The standard InChI is InChI=1S/C25H44O3/c1-2-3-4-5-6-7-8-9-10-11-12-13-14-15-16-17-18-19-20-21-23-22-24(26)28-25(23)27/h20-21,23H,2-19,22H2,1H3/b21-20+. The predicted octanol–water partition coefficient (Wildman–Crippen LogP) is 7.67. The van der Waals surface area contributed by atoms with Crippen LogP contribution < -0.4 is 0 Å². The van der Waals surface area contributed by atoms with Crippen LogP contribution in [-0.4, -0.2) is 11.9 Å². The second-order valence-corrected chi connectivity index (χ2v) is 8.48. The van der Waals surface area contributed by atoms with Crippen LogP contribution in [0, 0.1) is 5.92 Å². The van der Waals surface area contributed by atoms with Crippen LogP contribution in [0.3, 0.4) is 0 Å². The number of rotatable bonds is 19. The summed E-state index contributed by atoms with van der Waals surface area (Å²) in [6, 6.07) is 0.